The molecule has 0 spiro atoms. The zero-order valence-corrected chi connectivity index (χ0v) is 9.92. The van der Waals surface area contributed by atoms with Crippen LogP contribution in [0.3, 0.4) is 0 Å². The molecule has 0 aliphatic heterocycles. The highest BCUT2D eigenvalue weighted by molar-refractivity contribution is 5.21. The molecule has 15 heavy (non-hydrogen) atoms. The first-order valence-corrected chi connectivity index (χ1v) is 6.41. The number of aliphatic hydroxyl groups is 1. The van der Waals surface area contributed by atoms with E-state index in [1.165, 1.54) is 24.8 Å². The van der Waals surface area contributed by atoms with E-state index in [1.54, 1.807) is 0 Å². The normalized spacial score (nSPS) is 53.7. The molecular weight excluding hydrogens is 184 g/mol. The fourth-order valence-corrected chi connectivity index (χ4v) is 4.98. The minimum absolute atomic E-state index is 0.297. The van der Waals surface area contributed by atoms with Gasteiger partial charge in [-0.05, 0) is 69.6 Å². The Morgan fingerprint density at radius 1 is 1.20 bits per heavy atom. The zero-order chi connectivity index (χ0) is 10.7. The van der Waals surface area contributed by atoms with Gasteiger partial charge in [0, 0.05) is 0 Å². The van der Waals surface area contributed by atoms with Crippen LogP contribution in [0.15, 0.2) is 11.6 Å². The first-order valence-electron chi connectivity index (χ1n) is 6.41. The highest BCUT2D eigenvalue weighted by atomic mass is 16.3. The summed E-state index contributed by atoms with van der Waals surface area (Å²) in [5.74, 6) is 1.62. The summed E-state index contributed by atoms with van der Waals surface area (Å²) >= 11 is 0. The molecule has 0 aromatic carbocycles. The van der Waals surface area contributed by atoms with E-state index in [4.69, 9.17) is 0 Å². The van der Waals surface area contributed by atoms with Crippen molar-refractivity contribution in [3.8, 4) is 0 Å². The van der Waals surface area contributed by atoms with Crippen LogP contribution in [-0.2, 0) is 0 Å². The van der Waals surface area contributed by atoms with Gasteiger partial charge in [-0.15, -0.1) is 0 Å². The Morgan fingerprint density at radius 2 is 1.80 bits per heavy atom. The van der Waals surface area contributed by atoms with E-state index in [1.807, 2.05) is 0 Å². The van der Waals surface area contributed by atoms with Crippen LogP contribution in [0.1, 0.15) is 52.4 Å². The van der Waals surface area contributed by atoms with E-state index < -0.39 is 0 Å². The molecule has 4 bridgehead atoms. The van der Waals surface area contributed by atoms with Crippen molar-refractivity contribution in [2.24, 2.45) is 17.3 Å². The molecule has 2 atom stereocenters. The van der Waals surface area contributed by atoms with Crippen LogP contribution >= 0.6 is 0 Å². The third-order valence-electron chi connectivity index (χ3n) is 5.30. The molecular formula is C14H22O. The average molecular weight is 206 g/mol. The summed E-state index contributed by atoms with van der Waals surface area (Å²) in [4.78, 5) is 0. The van der Waals surface area contributed by atoms with Crippen LogP contribution in [0.5, 0.6) is 0 Å². The molecule has 1 N–H and O–H groups in total. The molecule has 1 nitrogen and oxygen atoms in total. The second-order valence-corrected chi connectivity index (χ2v) is 6.44. The Balaban J connectivity index is 1.99. The zero-order valence-electron chi connectivity index (χ0n) is 9.92. The van der Waals surface area contributed by atoms with Gasteiger partial charge in [0.25, 0.3) is 0 Å². The van der Waals surface area contributed by atoms with Gasteiger partial charge in [-0.2, -0.15) is 0 Å². The van der Waals surface area contributed by atoms with Crippen molar-refractivity contribution in [1.29, 1.82) is 0 Å². The van der Waals surface area contributed by atoms with Gasteiger partial charge in [0.15, 0.2) is 0 Å². The lowest BCUT2D eigenvalue weighted by Gasteiger charge is -2.60. The van der Waals surface area contributed by atoms with Crippen molar-refractivity contribution in [3.05, 3.63) is 11.6 Å². The van der Waals surface area contributed by atoms with Gasteiger partial charge in [-0.1, -0.05) is 11.6 Å². The number of rotatable bonds is 1. The molecule has 0 amide bonds. The molecule has 4 rings (SSSR count). The third-order valence-corrected chi connectivity index (χ3v) is 5.30. The molecule has 0 radical (unpaired) electrons. The topological polar surface area (TPSA) is 20.2 Å². The lowest BCUT2D eigenvalue weighted by molar-refractivity contribution is -0.151. The molecule has 2 unspecified atom stereocenters. The van der Waals surface area contributed by atoms with Crippen molar-refractivity contribution >= 4 is 0 Å². The summed E-state index contributed by atoms with van der Waals surface area (Å²) in [6, 6.07) is 0. The van der Waals surface area contributed by atoms with Crippen molar-refractivity contribution < 1.29 is 5.11 Å². The quantitative estimate of drug-likeness (QED) is 0.653. The second-order valence-electron chi connectivity index (χ2n) is 6.44. The molecule has 4 saturated carbocycles. The molecule has 4 aliphatic carbocycles. The second kappa shape index (κ2) is 2.88. The van der Waals surface area contributed by atoms with Crippen LogP contribution in [0.4, 0.5) is 0 Å². The molecule has 1 heteroatoms. The maximum atomic E-state index is 10.6. The summed E-state index contributed by atoms with van der Waals surface area (Å²) in [5.41, 5.74) is 1.62. The highest BCUT2D eigenvalue weighted by Gasteiger charge is 2.57. The number of hydrogen-bond acceptors (Lipinski definition) is 1. The van der Waals surface area contributed by atoms with E-state index in [2.05, 4.69) is 19.9 Å². The summed E-state index contributed by atoms with van der Waals surface area (Å²) in [5, 5.41) is 10.6. The van der Waals surface area contributed by atoms with Gasteiger partial charge in [0.05, 0.1) is 5.60 Å². The monoisotopic (exact) mass is 206 g/mol. The van der Waals surface area contributed by atoms with E-state index in [9.17, 15) is 5.11 Å². The van der Waals surface area contributed by atoms with Crippen LogP contribution in [0.2, 0.25) is 0 Å². The highest BCUT2D eigenvalue weighted by Crippen LogP contribution is 2.63. The van der Waals surface area contributed by atoms with E-state index >= 15 is 0 Å². The standard InChI is InChI=1S/C14H22O/c1-3-10(2)13-5-11-4-12(6-13)8-14(15,7-11)9-13/h3,11-12,15H,4-9H2,1-2H3. The Hall–Kier alpha value is -0.300. The fourth-order valence-electron chi connectivity index (χ4n) is 4.98. The molecule has 0 saturated heterocycles. The third kappa shape index (κ3) is 1.32. The lowest BCUT2D eigenvalue weighted by Crippen LogP contribution is -2.55. The first kappa shape index (κ1) is 9.89. The van der Waals surface area contributed by atoms with Gasteiger partial charge in [0.2, 0.25) is 0 Å². The minimum atomic E-state index is -0.297. The average Bonchev–Trinajstić information content (AvgIpc) is 2.12. The lowest BCUT2D eigenvalue weighted by atomic mass is 9.46. The Kier molecular flexibility index (Phi) is 1.90. The Labute approximate surface area is 92.6 Å². The molecule has 0 heterocycles. The van der Waals surface area contributed by atoms with E-state index in [0.29, 0.717) is 5.41 Å². The number of allylic oxidation sites excluding steroid dienone is 2. The van der Waals surface area contributed by atoms with E-state index in [-0.39, 0.29) is 5.60 Å². The van der Waals surface area contributed by atoms with Crippen molar-refractivity contribution in [2.75, 3.05) is 0 Å². The van der Waals surface area contributed by atoms with Gasteiger partial charge in [-0.3, -0.25) is 0 Å². The van der Waals surface area contributed by atoms with Crippen LogP contribution in [-0.4, -0.2) is 10.7 Å². The largest absolute Gasteiger partial charge is 0.390 e. The van der Waals surface area contributed by atoms with Crippen LogP contribution < -0.4 is 0 Å². The van der Waals surface area contributed by atoms with Crippen LogP contribution in [0, 0.1) is 17.3 Å². The first-order chi connectivity index (χ1) is 7.05. The van der Waals surface area contributed by atoms with Gasteiger partial charge in [-0.25, -0.2) is 0 Å². The number of hydrogen-bond donors (Lipinski definition) is 1. The van der Waals surface area contributed by atoms with Crippen LogP contribution in [0.25, 0.3) is 0 Å². The van der Waals surface area contributed by atoms with Gasteiger partial charge in [0.1, 0.15) is 0 Å². The summed E-state index contributed by atoms with van der Waals surface area (Å²) in [6.07, 6.45) is 9.58. The van der Waals surface area contributed by atoms with Crippen molar-refractivity contribution in [3.63, 3.8) is 0 Å². The van der Waals surface area contributed by atoms with Crippen molar-refractivity contribution in [1.82, 2.24) is 0 Å². The molecule has 84 valence electrons. The summed E-state index contributed by atoms with van der Waals surface area (Å²) in [6.45, 7) is 4.43. The van der Waals surface area contributed by atoms with Gasteiger partial charge < -0.3 is 5.11 Å². The summed E-state index contributed by atoms with van der Waals surface area (Å²) < 4.78 is 0. The SMILES string of the molecule is CC=C(C)C12CC3CC(CC(O)(C3)C1)C2. The van der Waals surface area contributed by atoms with Gasteiger partial charge >= 0.3 is 0 Å². The van der Waals surface area contributed by atoms with E-state index in [0.717, 1.165) is 31.1 Å². The maximum absolute atomic E-state index is 10.6. The summed E-state index contributed by atoms with van der Waals surface area (Å²) in [7, 11) is 0. The fraction of sp³-hybridized carbons (Fsp3) is 0.857. The maximum Gasteiger partial charge on any atom is 0.0661 e. The minimum Gasteiger partial charge on any atom is -0.390 e. The van der Waals surface area contributed by atoms with Crippen molar-refractivity contribution in [2.45, 2.75) is 58.0 Å². The Bertz CT molecular complexity index is 301. The predicted molar refractivity (Wildman–Crippen MR) is 61.5 cm³/mol. The molecule has 0 aromatic rings. The smallest absolute Gasteiger partial charge is 0.0661 e. The predicted octanol–water partition coefficient (Wildman–Crippen LogP) is 3.28. The molecule has 4 fully saturated rings. The molecule has 0 aromatic heterocycles. The molecule has 4 aliphatic rings. The Morgan fingerprint density at radius 3 is 2.27 bits per heavy atom.